The van der Waals surface area contributed by atoms with Gasteiger partial charge < -0.3 is 0 Å². The van der Waals surface area contributed by atoms with Crippen LogP contribution >= 0.6 is 0 Å². The van der Waals surface area contributed by atoms with E-state index in [9.17, 15) is 0 Å². The molecule has 0 unspecified atom stereocenters. The van der Waals surface area contributed by atoms with Crippen molar-refractivity contribution < 1.29 is 0 Å². The summed E-state index contributed by atoms with van der Waals surface area (Å²) in [5.74, 6) is 0. The summed E-state index contributed by atoms with van der Waals surface area (Å²) in [4.78, 5) is 0. The zero-order valence-corrected chi connectivity index (χ0v) is 40.1. The molecule has 0 aromatic heterocycles. The van der Waals surface area contributed by atoms with E-state index in [1.54, 1.807) is 0 Å². The van der Waals surface area contributed by atoms with Crippen molar-refractivity contribution in [1.29, 1.82) is 0 Å². The lowest BCUT2D eigenvalue weighted by atomic mass is 9.70. The topological polar surface area (TPSA) is 0 Å². The van der Waals surface area contributed by atoms with Crippen LogP contribution in [0, 0.1) is 0 Å². The Morgan fingerprint density at radius 1 is 0.164 bits per heavy atom. The molecule has 13 aromatic rings. The number of benzene rings is 13. The van der Waals surface area contributed by atoms with Crippen molar-refractivity contribution in [2.24, 2.45) is 0 Å². The Kier molecular flexibility index (Phi) is 9.28. The van der Waals surface area contributed by atoms with E-state index in [1.165, 1.54) is 144 Å². The normalized spacial score (nSPS) is 12.8. The lowest BCUT2D eigenvalue weighted by molar-refractivity contribution is 0.794. The molecule has 0 N–H and O–H groups in total. The summed E-state index contributed by atoms with van der Waals surface area (Å²) in [6.45, 7) is 0. The molecular formula is C73H46. The minimum absolute atomic E-state index is 0.425. The maximum absolute atomic E-state index is 2.45. The molecule has 0 bridgehead atoms. The summed E-state index contributed by atoms with van der Waals surface area (Å²) in [7, 11) is 0. The minimum atomic E-state index is -0.425. The third kappa shape index (κ3) is 6.34. The van der Waals surface area contributed by atoms with Crippen molar-refractivity contribution in [1.82, 2.24) is 0 Å². The molecule has 0 aliphatic heterocycles. The Balaban J connectivity index is 0.940. The fourth-order valence-corrected chi connectivity index (χ4v) is 12.8. The van der Waals surface area contributed by atoms with E-state index in [2.05, 4.69) is 279 Å². The van der Waals surface area contributed by atoms with E-state index in [4.69, 9.17) is 0 Å². The lowest BCUT2D eigenvalue weighted by Crippen LogP contribution is -2.25. The fraction of sp³-hybridized carbons (Fsp3) is 0.0137. The van der Waals surface area contributed by atoms with Crippen LogP contribution in [0.15, 0.2) is 279 Å². The largest absolute Gasteiger partial charge is 0.0725 e. The third-order valence-electron chi connectivity index (χ3n) is 16.0. The van der Waals surface area contributed by atoms with Crippen molar-refractivity contribution in [3.63, 3.8) is 0 Å². The van der Waals surface area contributed by atoms with E-state index < -0.39 is 5.41 Å². The summed E-state index contributed by atoms with van der Waals surface area (Å²) in [6.07, 6.45) is 0. The first kappa shape index (κ1) is 41.4. The predicted octanol–water partition coefficient (Wildman–Crippen LogP) is 19.5. The summed E-state index contributed by atoms with van der Waals surface area (Å²) in [5.41, 5.74) is 24.6. The van der Waals surface area contributed by atoms with Crippen molar-refractivity contribution in [2.75, 3.05) is 0 Å². The van der Waals surface area contributed by atoms with E-state index in [-0.39, 0.29) is 0 Å². The van der Waals surface area contributed by atoms with Crippen LogP contribution in [0.1, 0.15) is 22.3 Å². The molecule has 0 fully saturated rings. The molecule has 0 atom stereocenters. The predicted molar refractivity (Wildman–Crippen MR) is 308 cm³/mol. The molecule has 0 radical (unpaired) electrons. The average molecular weight is 923 g/mol. The highest BCUT2D eigenvalue weighted by molar-refractivity contribution is 6.25. The molecule has 15 rings (SSSR count). The molecule has 0 saturated carbocycles. The van der Waals surface area contributed by atoms with Gasteiger partial charge in [-0.05, 0) is 186 Å². The highest BCUT2D eigenvalue weighted by atomic mass is 14.5. The summed E-state index contributed by atoms with van der Waals surface area (Å²) >= 11 is 0. The van der Waals surface area contributed by atoms with Crippen LogP contribution in [-0.2, 0) is 5.41 Å². The SMILES string of the molecule is c1ccc(-c2cc(-c3ccccc3)cc(-c3ccc(-c4cc(-c5ccc6c7ccccc7c7ccccc7c6c5)cc(-c5cccc6c5-c5ccccc5C65c6ccccc6-c6ccccc65)c4)cc3)c2)cc1. The zero-order chi connectivity index (χ0) is 48.0. The average Bonchev–Trinajstić information content (AvgIpc) is 4.03. The highest BCUT2D eigenvalue weighted by Gasteiger charge is 2.52. The van der Waals surface area contributed by atoms with Gasteiger partial charge in [0.2, 0.25) is 0 Å². The molecule has 0 nitrogen and oxygen atoms in total. The maximum Gasteiger partial charge on any atom is 0.0725 e. The Bertz CT molecular complexity index is 4210. The second kappa shape index (κ2) is 16.4. The van der Waals surface area contributed by atoms with E-state index in [0.29, 0.717) is 0 Å². The Morgan fingerprint density at radius 3 is 1.00 bits per heavy atom. The van der Waals surface area contributed by atoms with Gasteiger partial charge in [0.15, 0.2) is 0 Å². The van der Waals surface area contributed by atoms with Gasteiger partial charge in [-0.2, -0.15) is 0 Å². The molecule has 1 spiro atoms. The molecule has 2 aliphatic rings. The van der Waals surface area contributed by atoms with Gasteiger partial charge in [-0.15, -0.1) is 0 Å². The molecule has 2 aliphatic carbocycles. The van der Waals surface area contributed by atoms with Gasteiger partial charge in [0.05, 0.1) is 5.41 Å². The van der Waals surface area contributed by atoms with Crippen LogP contribution < -0.4 is 0 Å². The zero-order valence-electron chi connectivity index (χ0n) is 40.1. The molecular weight excluding hydrogens is 877 g/mol. The standard InChI is InChI=1S/C73H46/c1-3-18-47(19-4-1)52-40-53(48-20-5-2-6-21-48)42-54(41-52)49-34-36-50(37-35-49)55-43-56(51-38-39-63-61-24-8-7-22-59(61)60-23-9-10-25-62(60)67(63)46-51)45-57(44-55)58-29-17-33-71-72(58)66-28-13-16-32-70(66)73(71)68-30-14-11-26-64(68)65-27-12-15-31-69(65)73/h1-46H. The van der Waals surface area contributed by atoms with Gasteiger partial charge in [-0.25, -0.2) is 0 Å². The number of fused-ring (bicyclic) bond motifs is 16. The van der Waals surface area contributed by atoms with E-state index in [1.807, 2.05) is 0 Å². The van der Waals surface area contributed by atoms with Crippen LogP contribution in [-0.4, -0.2) is 0 Å². The van der Waals surface area contributed by atoms with Gasteiger partial charge in [0, 0.05) is 0 Å². The molecule has 73 heavy (non-hydrogen) atoms. The monoisotopic (exact) mass is 922 g/mol. The minimum Gasteiger partial charge on any atom is -0.0622 e. The maximum atomic E-state index is 2.45. The highest BCUT2D eigenvalue weighted by Crippen LogP contribution is 2.64. The van der Waals surface area contributed by atoms with Crippen molar-refractivity contribution >= 4 is 32.3 Å². The van der Waals surface area contributed by atoms with Gasteiger partial charge in [-0.1, -0.05) is 237 Å². The molecule has 0 amide bonds. The van der Waals surface area contributed by atoms with Gasteiger partial charge in [-0.3, -0.25) is 0 Å². The summed E-state index contributed by atoms with van der Waals surface area (Å²) < 4.78 is 0. The number of rotatable bonds is 6. The second-order valence-corrected chi connectivity index (χ2v) is 19.9. The molecule has 338 valence electrons. The van der Waals surface area contributed by atoms with Crippen LogP contribution in [0.25, 0.3) is 121 Å². The van der Waals surface area contributed by atoms with Crippen LogP contribution in [0.5, 0.6) is 0 Å². The fourth-order valence-electron chi connectivity index (χ4n) is 12.8. The molecule has 0 saturated heterocycles. The smallest absolute Gasteiger partial charge is 0.0622 e. The van der Waals surface area contributed by atoms with Gasteiger partial charge in [0.25, 0.3) is 0 Å². The summed E-state index contributed by atoms with van der Waals surface area (Å²) in [6, 6.07) is 104. The first-order valence-electron chi connectivity index (χ1n) is 25.5. The first-order chi connectivity index (χ1) is 36.2. The lowest BCUT2D eigenvalue weighted by Gasteiger charge is -2.30. The Hall–Kier alpha value is -9.36. The molecule has 0 heteroatoms. The van der Waals surface area contributed by atoms with Crippen LogP contribution in [0.2, 0.25) is 0 Å². The Morgan fingerprint density at radius 2 is 0.493 bits per heavy atom. The van der Waals surface area contributed by atoms with Crippen LogP contribution in [0.4, 0.5) is 0 Å². The Labute approximate surface area is 425 Å². The molecule has 13 aromatic carbocycles. The van der Waals surface area contributed by atoms with Gasteiger partial charge >= 0.3 is 0 Å². The van der Waals surface area contributed by atoms with Crippen molar-refractivity contribution in [2.45, 2.75) is 5.41 Å². The summed E-state index contributed by atoms with van der Waals surface area (Å²) in [5, 5.41) is 7.67. The van der Waals surface area contributed by atoms with Gasteiger partial charge in [0.1, 0.15) is 0 Å². The van der Waals surface area contributed by atoms with E-state index in [0.717, 1.165) is 0 Å². The number of hydrogen-bond acceptors (Lipinski definition) is 0. The van der Waals surface area contributed by atoms with Crippen LogP contribution in [0.3, 0.4) is 0 Å². The second-order valence-electron chi connectivity index (χ2n) is 19.9. The third-order valence-corrected chi connectivity index (χ3v) is 16.0. The molecule has 0 heterocycles. The quantitative estimate of drug-likeness (QED) is 0.146. The first-order valence-corrected chi connectivity index (χ1v) is 25.5. The van der Waals surface area contributed by atoms with E-state index >= 15 is 0 Å². The van der Waals surface area contributed by atoms with Crippen molar-refractivity contribution in [3.8, 4) is 89.0 Å². The van der Waals surface area contributed by atoms with Crippen molar-refractivity contribution in [3.05, 3.63) is 301 Å². The number of hydrogen-bond donors (Lipinski definition) is 0.